The lowest BCUT2D eigenvalue weighted by molar-refractivity contribution is -0.137. The third-order valence-electron chi connectivity index (χ3n) is 4.22. The Labute approximate surface area is 168 Å². The van der Waals surface area contributed by atoms with E-state index in [0.29, 0.717) is 29.6 Å². The van der Waals surface area contributed by atoms with Crippen LogP contribution in [-0.4, -0.2) is 42.9 Å². The van der Waals surface area contributed by atoms with Crippen molar-refractivity contribution in [1.82, 2.24) is 4.90 Å². The number of oxime groups is 1. The van der Waals surface area contributed by atoms with Crippen molar-refractivity contribution in [3.63, 3.8) is 0 Å². The van der Waals surface area contributed by atoms with Gasteiger partial charge in [-0.3, -0.25) is 4.79 Å². The lowest BCUT2D eigenvalue weighted by Gasteiger charge is -2.25. The third kappa shape index (κ3) is 5.22. The van der Waals surface area contributed by atoms with Gasteiger partial charge in [-0.1, -0.05) is 58.7 Å². The molecule has 1 amide bonds. The van der Waals surface area contributed by atoms with Gasteiger partial charge in [0.2, 0.25) is 5.91 Å². The lowest BCUT2D eigenvalue weighted by atomic mass is 10.0. The minimum atomic E-state index is -0.240. The van der Waals surface area contributed by atoms with E-state index in [2.05, 4.69) is 5.16 Å². The lowest BCUT2D eigenvalue weighted by Crippen LogP contribution is -2.39. The van der Waals surface area contributed by atoms with Crippen molar-refractivity contribution in [2.45, 2.75) is 19.1 Å². The first kappa shape index (κ1) is 19.7. The monoisotopic (exact) mass is 406 g/mol. The van der Waals surface area contributed by atoms with Gasteiger partial charge in [-0.15, -0.1) is 0 Å². The second kappa shape index (κ2) is 9.22. The van der Waals surface area contributed by atoms with Gasteiger partial charge in [0.1, 0.15) is 6.61 Å². The fourth-order valence-electron chi connectivity index (χ4n) is 2.95. The maximum absolute atomic E-state index is 12.5. The molecule has 0 saturated carbocycles. The summed E-state index contributed by atoms with van der Waals surface area (Å²) in [7, 11) is 1.50. The molecule has 1 heterocycles. The molecule has 1 aliphatic rings. The van der Waals surface area contributed by atoms with Gasteiger partial charge in [0.05, 0.1) is 12.3 Å². The van der Waals surface area contributed by atoms with Crippen LogP contribution in [0.15, 0.2) is 53.7 Å². The first-order chi connectivity index (χ1) is 13.1. The van der Waals surface area contributed by atoms with Gasteiger partial charge in [0.25, 0.3) is 0 Å². The van der Waals surface area contributed by atoms with E-state index >= 15 is 0 Å². The van der Waals surface area contributed by atoms with Gasteiger partial charge in [0.15, 0.2) is 6.10 Å². The van der Waals surface area contributed by atoms with Crippen LogP contribution in [0.3, 0.4) is 0 Å². The van der Waals surface area contributed by atoms with Crippen LogP contribution >= 0.6 is 23.2 Å². The van der Waals surface area contributed by atoms with Gasteiger partial charge in [-0.05, 0) is 23.8 Å². The molecule has 2 aromatic carbocycles. The van der Waals surface area contributed by atoms with Crippen molar-refractivity contribution in [1.29, 1.82) is 0 Å². The van der Waals surface area contributed by atoms with Crippen LogP contribution in [0.5, 0.6) is 0 Å². The van der Waals surface area contributed by atoms with Crippen LogP contribution < -0.4 is 0 Å². The maximum Gasteiger partial charge on any atom is 0.248 e. The first-order valence-corrected chi connectivity index (χ1v) is 9.31. The predicted molar refractivity (Wildman–Crippen MR) is 106 cm³/mol. The zero-order chi connectivity index (χ0) is 19.2. The van der Waals surface area contributed by atoms with Gasteiger partial charge < -0.3 is 14.5 Å². The summed E-state index contributed by atoms with van der Waals surface area (Å²) in [6, 6.07) is 14.9. The highest BCUT2D eigenvalue weighted by atomic mass is 35.5. The fraction of sp³-hybridized carbons (Fsp3) is 0.300. The summed E-state index contributed by atoms with van der Waals surface area (Å²) in [6.07, 6.45) is 0.340. The molecule has 3 rings (SSSR count). The molecule has 0 fully saturated rings. The summed E-state index contributed by atoms with van der Waals surface area (Å²) in [6.45, 7) is 0.821. The molecule has 0 bridgehead atoms. The molecule has 0 radical (unpaired) electrons. The number of hydrogen-bond donors (Lipinski definition) is 0. The van der Waals surface area contributed by atoms with Gasteiger partial charge in [-0.25, -0.2) is 0 Å². The Morgan fingerprint density at radius 2 is 2.07 bits per heavy atom. The molecular formula is C20H20Cl2N2O3. The number of amides is 1. The summed E-state index contributed by atoms with van der Waals surface area (Å²) in [5, 5.41) is 5.43. The van der Waals surface area contributed by atoms with Crippen molar-refractivity contribution in [2.75, 3.05) is 20.3 Å². The Balaban J connectivity index is 1.68. The minimum absolute atomic E-state index is 0.00547. The number of nitrogens with zero attached hydrogens (tertiary/aromatic N) is 2. The summed E-state index contributed by atoms with van der Waals surface area (Å²) >= 11 is 12.3. The molecule has 27 heavy (non-hydrogen) atoms. The highest BCUT2D eigenvalue weighted by molar-refractivity contribution is 6.34. The molecule has 0 spiro atoms. The van der Waals surface area contributed by atoms with Crippen molar-refractivity contribution in [2.24, 2.45) is 5.16 Å². The normalized spacial score (nSPS) is 16.0. The Morgan fingerprint density at radius 3 is 2.81 bits per heavy atom. The SMILES string of the molecule is COCC(=O)N(Cc1cccc(Cl)c1)CC1CC(c2ccccc2Cl)=NO1. The van der Waals surface area contributed by atoms with Gasteiger partial charge in [0, 0.05) is 35.7 Å². The van der Waals surface area contributed by atoms with Crippen LogP contribution in [0, 0.1) is 0 Å². The maximum atomic E-state index is 12.5. The van der Waals surface area contributed by atoms with Crippen LogP contribution in [0.4, 0.5) is 0 Å². The summed E-state index contributed by atoms with van der Waals surface area (Å²) in [5.41, 5.74) is 2.58. The zero-order valence-electron chi connectivity index (χ0n) is 14.9. The van der Waals surface area contributed by atoms with Crippen LogP contribution in [0.2, 0.25) is 10.0 Å². The average molecular weight is 407 g/mol. The molecule has 7 heteroatoms. The van der Waals surface area contributed by atoms with E-state index in [-0.39, 0.29) is 18.6 Å². The Kier molecular flexibility index (Phi) is 6.72. The standard InChI is InChI=1S/C20H20Cl2N2O3/c1-26-13-20(25)24(11-14-5-4-6-15(21)9-14)12-16-10-19(23-27-16)17-7-2-3-8-18(17)22/h2-9,16H,10-13H2,1H3. The number of rotatable bonds is 7. The molecule has 0 aromatic heterocycles. The number of halogens is 2. The van der Waals surface area contributed by atoms with Crippen molar-refractivity contribution in [3.8, 4) is 0 Å². The number of hydrogen-bond acceptors (Lipinski definition) is 4. The Bertz CT molecular complexity index is 841. The largest absolute Gasteiger partial charge is 0.390 e. The fourth-order valence-corrected chi connectivity index (χ4v) is 3.41. The highest BCUT2D eigenvalue weighted by Gasteiger charge is 2.27. The number of methoxy groups -OCH3 is 1. The van der Waals surface area contributed by atoms with Crippen molar-refractivity contribution in [3.05, 3.63) is 69.7 Å². The summed E-state index contributed by atoms with van der Waals surface area (Å²) < 4.78 is 5.01. The van der Waals surface area contributed by atoms with E-state index in [9.17, 15) is 4.79 Å². The molecule has 2 aromatic rings. The molecular weight excluding hydrogens is 387 g/mol. The smallest absolute Gasteiger partial charge is 0.248 e. The van der Waals surface area contributed by atoms with Crippen molar-refractivity contribution >= 4 is 34.8 Å². The quantitative estimate of drug-likeness (QED) is 0.693. The second-order valence-corrected chi connectivity index (χ2v) is 7.13. The van der Waals surface area contributed by atoms with Gasteiger partial charge >= 0.3 is 0 Å². The Morgan fingerprint density at radius 1 is 1.26 bits per heavy atom. The van der Waals surface area contributed by atoms with E-state index in [0.717, 1.165) is 16.8 Å². The molecule has 1 aliphatic heterocycles. The summed E-state index contributed by atoms with van der Waals surface area (Å²) in [4.78, 5) is 19.7. The first-order valence-electron chi connectivity index (χ1n) is 8.55. The van der Waals surface area contributed by atoms with E-state index in [1.165, 1.54) is 7.11 Å². The molecule has 1 atom stereocenters. The molecule has 0 aliphatic carbocycles. The molecule has 0 N–H and O–H groups in total. The number of carbonyl (C=O) groups is 1. The Hall–Kier alpha value is -2.08. The van der Waals surface area contributed by atoms with Crippen molar-refractivity contribution < 1.29 is 14.4 Å². The molecule has 5 nitrogen and oxygen atoms in total. The molecule has 142 valence electrons. The van der Waals surface area contributed by atoms with Crippen LogP contribution in [0.1, 0.15) is 17.5 Å². The minimum Gasteiger partial charge on any atom is -0.390 e. The predicted octanol–water partition coefficient (Wildman–Crippen LogP) is 4.16. The van der Waals surface area contributed by atoms with E-state index in [1.54, 1.807) is 11.0 Å². The third-order valence-corrected chi connectivity index (χ3v) is 4.79. The summed E-state index contributed by atoms with van der Waals surface area (Å²) in [5.74, 6) is -0.118. The van der Waals surface area contributed by atoms with E-state index in [4.69, 9.17) is 32.8 Å². The van der Waals surface area contributed by atoms with Gasteiger partial charge in [-0.2, -0.15) is 0 Å². The molecule has 0 saturated heterocycles. The van der Waals surface area contributed by atoms with E-state index in [1.807, 2.05) is 42.5 Å². The number of benzene rings is 2. The topological polar surface area (TPSA) is 51.1 Å². The average Bonchev–Trinajstić information content (AvgIpc) is 3.10. The van der Waals surface area contributed by atoms with Crippen LogP contribution in [0.25, 0.3) is 0 Å². The number of carbonyl (C=O) groups excluding carboxylic acids is 1. The van der Waals surface area contributed by atoms with Crippen LogP contribution in [-0.2, 0) is 20.9 Å². The highest BCUT2D eigenvalue weighted by Crippen LogP contribution is 2.24. The van der Waals surface area contributed by atoms with E-state index < -0.39 is 0 Å². The number of ether oxygens (including phenoxy) is 1. The second-order valence-electron chi connectivity index (χ2n) is 6.29. The zero-order valence-corrected chi connectivity index (χ0v) is 16.4. The molecule has 1 unspecified atom stereocenters.